The van der Waals surface area contributed by atoms with Gasteiger partial charge in [-0.05, 0) is 117 Å². The van der Waals surface area contributed by atoms with Crippen LogP contribution in [0.4, 0.5) is 0 Å². The SMILES string of the molecule is COC(=O)C1=CC(CCc2cccc(-c3sccc3C)c2)C([C@@H]2C[C@@H](OCS(C)(C)C(C)(C)C)CC2C(=O)OC(C)(C)C)=C1. The third-order valence-corrected chi connectivity index (χ3v) is 14.4. The number of carbonyl (C=O) groups excluding carboxylic acids is 2. The Bertz CT molecular complexity index is 1400. The van der Waals surface area contributed by atoms with E-state index in [1.54, 1.807) is 11.3 Å². The van der Waals surface area contributed by atoms with Gasteiger partial charge in [0, 0.05) is 4.88 Å². The molecule has 0 radical (unpaired) electrons. The fourth-order valence-electron chi connectivity index (χ4n) is 5.96. The van der Waals surface area contributed by atoms with E-state index in [9.17, 15) is 9.59 Å². The maximum Gasteiger partial charge on any atom is 0.337 e. The van der Waals surface area contributed by atoms with Gasteiger partial charge >= 0.3 is 11.9 Å². The Morgan fingerprint density at radius 3 is 2.39 bits per heavy atom. The number of esters is 2. The van der Waals surface area contributed by atoms with Crippen LogP contribution < -0.4 is 0 Å². The first kappa shape index (κ1) is 34.5. The normalized spacial score (nSPS) is 22.9. The molecule has 1 fully saturated rings. The van der Waals surface area contributed by atoms with Crippen molar-refractivity contribution < 1.29 is 23.8 Å². The van der Waals surface area contributed by atoms with E-state index in [0.717, 1.165) is 24.8 Å². The number of methoxy groups -OCH3 is 1. The summed E-state index contributed by atoms with van der Waals surface area (Å²) in [5, 5.41) is 2.14. The average Bonchev–Trinajstić information content (AvgIpc) is 3.67. The van der Waals surface area contributed by atoms with E-state index >= 15 is 0 Å². The van der Waals surface area contributed by atoms with Gasteiger partial charge in [-0.1, -0.05) is 56.7 Å². The first-order valence-electron chi connectivity index (χ1n) is 15.7. The zero-order valence-electron chi connectivity index (χ0n) is 28.3. The van der Waals surface area contributed by atoms with Crippen LogP contribution in [0.3, 0.4) is 0 Å². The molecule has 1 aromatic carbocycles. The minimum absolute atomic E-state index is 0.0292. The highest BCUT2D eigenvalue weighted by Gasteiger charge is 2.46. The van der Waals surface area contributed by atoms with Gasteiger partial charge in [0.05, 0.1) is 30.6 Å². The van der Waals surface area contributed by atoms with Crippen molar-refractivity contribution in [3.8, 4) is 10.4 Å². The third-order valence-electron chi connectivity index (χ3n) is 9.26. The Kier molecular flexibility index (Phi) is 10.6. The molecule has 4 rings (SSSR count). The number of rotatable bonds is 10. The number of thiophene rings is 1. The lowest BCUT2D eigenvalue weighted by Gasteiger charge is -2.44. The zero-order valence-corrected chi connectivity index (χ0v) is 30.0. The molecular weight excluding hydrogens is 589 g/mol. The largest absolute Gasteiger partial charge is 0.465 e. The highest BCUT2D eigenvalue weighted by atomic mass is 32.3. The molecule has 1 aromatic heterocycles. The molecule has 242 valence electrons. The summed E-state index contributed by atoms with van der Waals surface area (Å²) in [6.07, 6.45) is 11.7. The van der Waals surface area contributed by atoms with Gasteiger partial charge in [-0.2, -0.15) is 0 Å². The Morgan fingerprint density at radius 2 is 1.77 bits per heavy atom. The number of benzene rings is 1. The summed E-state index contributed by atoms with van der Waals surface area (Å²) in [7, 11) is 0.413. The van der Waals surface area contributed by atoms with Crippen LogP contribution in [0.5, 0.6) is 0 Å². The van der Waals surface area contributed by atoms with E-state index < -0.39 is 15.6 Å². The number of hydrogen-bond donors (Lipinski definition) is 0. The lowest BCUT2D eigenvalue weighted by molar-refractivity contribution is -0.161. The van der Waals surface area contributed by atoms with Crippen LogP contribution in [-0.2, 0) is 30.2 Å². The molecule has 44 heavy (non-hydrogen) atoms. The number of ether oxygens (including phenoxy) is 3. The van der Waals surface area contributed by atoms with Crippen molar-refractivity contribution in [2.45, 2.75) is 90.6 Å². The van der Waals surface area contributed by atoms with Gasteiger partial charge in [0.1, 0.15) is 5.60 Å². The first-order valence-corrected chi connectivity index (χ1v) is 19.2. The quantitative estimate of drug-likeness (QED) is 0.243. The predicted molar refractivity (Wildman–Crippen MR) is 185 cm³/mol. The van der Waals surface area contributed by atoms with E-state index in [0.29, 0.717) is 17.9 Å². The second-order valence-electron chi connectivity index (χ2n) is 14.8. The van der Waals surface area contributed by atoms with Crippen molar-refractivity contribution in [3.05, 3.63) is 70.1 Å². The van der Waals surface area contributed by atoms with E-state index in [1.165, 1.54) is 28.7 Å². The second-order valence-corrected chi connectivity index (χ2v) is 20.3. The van der Waals surface area contributed by atoms with Gasteiger partial charge in [0.15, 0.2) is 0 Å². The highest BCUT2D eigenvalue weighted by molar-refractivity contribution is 8.33. The number of allylic oxidation sites excluding steroid dienone is 2. The van der Waals surface area contributed by atoms with E-state index in [-0.39, 0.29) is 40.5 Å². The van der Waals surface area contributed by atoms with Gasteiger partial charge in [0.25, 0.3) is 0 Å². The lowest BCUT2D eigenvalue weighted by atomic mass is 9.81. The fraction of sp³-hybridized carbons (Fsp3) is 0.568. The molecular formula is C37H52O5S2. The molecule has 1 saturated carbocycles. The van der Waals surface area contributed by atoms with Crippen molar-refractivity contribution in [1.82, 2.24) is 0 Å². The van der Waals surface area contributed by atoms with Gasteiger partial charge in [0.2, 0.25) is 0 Å². The second kappa shape index (κ2) is 13.6. The maximum absolute atomic E-state index is 13.7. The molecule has 2 unspecified atom stereocenters. The maximum atomic E-state index is 13.7. The smallest absolute Gasteiger partial charge is 0.337 e. The van der Waals surface area contributed by atoms with E-state index in [4.69, 9.17) is 14.2 Å². The Hall–Kier alpha value is -2.35. The molecule has 5 nitrogen and oxygen atoms in total. The van der Waals surface area contributed by atoms with Crippen LogP contribution in [0.1, 0.15) is 71.9 Å². The van der Waals surface area contributed by atoms with Gasteiger partial charge in [-0.25, -0.2) is 14.8 Å². The van der Waals surface area contributed by atoms with Crippen LogP contribution in [-0.4, -0.2) is 54.0 Å². The summed E-state index contributed by atoms with van der Waals surface area (Å²) in [5.41, 5.74) is 4.91. The van der Waals surface area contributed by atoms with Crippen LogP contribution in [0, 0.1) is 24.7 Å². The standard InChI is InChI=1S/C37H52O5S2/c1-24-16-17-43-33(24)27-13-11-12-25(18-27)14-15-26-19-28(34(38)40-8)20-30(26)31-21-29(41-23-44(9,10)37(5,6)7)22-32(31)35(39)42-36(2,3)4/h11-13,16-20,26,29,31-32H,14-15,21-23H2,1-10H3/t26?,29-,31+,32?/m1/s1. The molecule has 2 aliphatic carbocycles. The lowest BCUT2D eigenvalue weighted by Crippen LogP contribution is -2.31. The van der Waals surface area contributed by atoms with Gasteiger partial charge < -0.3 is 14.2 Å². The fourth-order valence-corrected chi connectivity index (χ4v) is 7.77. The molecule has 0 amide bonds. The van der Waals surface area contributed by atoms with Crippen LogP contribution >= 0.6 is 21.4 Å². The van der Waals surface area contributed by atoms with Crippen molar-refractivity contribution in [2.75, 3.05) is 25.6 Å². The molecule has 0 spiro atoms. The molecule has 2 aliphatic rings. The van der Waals surface area contributed by atoms with Crippen LogP contribution in [0.15, 0.2) is 59.0 Å². The molecule has 4 atom stereocenters. The van der Waals surface area contributed by atoms with Crippen molar-refractivity contribution in [2.24, 2.45) is 17.8 Å². The minimum Gasteiger partial charge on any atom is -0.465 e. The molecule has 0 bridgehead atoms. The molecule has 0 saturated heterocycles. The number of hydrogen-bond acceptors (Lipinski definition) is 6. The Labute approximate surface area is 270 Å². The number of aryl methyl sites for hydroxylation is 2. The highest BCUT2D eigenvalue weighted by Crippen LogP contribution is 2.54. The average molecular weight is 641 g/mol. The molecule has 2 aromatic rings. The zero-order chi connectivity index (χ0) is 32.4. The summed E-state index contributed by atoms with van der Waals surface area (Å²) >= 11 is 1.77. The summed E-state index contributed by atoms with van der Waals surface area (Å²) in [5.74, 6) is -0.177. The molecule has 0 aliphatic heterocycles. The first-order chi connectivity index (χ1) is 20.5. The molecule has 7 heteroatoms. The topological polar surface area (TPSA) is 61.8 Å². The predicted octanol–water partition coefficient (Wildman–Crippen LogP) is 8.89. The Morgan fingerprint density at radius 1 is 1.05 bits per heavy atom. The van der Waals surface area contributed by atoms with Crippen molar-refractivity contribution >= 4 is 33.3 Å². The van der Waals surface area contributed by atoms with E-state index in [2.05, 4.69) is 75.9 Å². The minimum atomic E-state index is -1.01. The van der Waals surface area contributed by atoms with Crippen LogP contribution in [0.2, 0.25) is 0 Å². The Balaban J connectivity index is 1.59. The van der Waals surface area contributed by atoms with Gasteiger partial charge in [-0.15, -0.1) is 11.3 Å². The summed E-state index contributed by atoms with van der Waals surface area (Å²) < 4.78 is 17.9. The summed E-state index contributed by atoms with van der Waals surface area (Å²) in [6, 6.07) is 10.9. The van der Waals surface area contributed by atoms with E-state index in [1.807, 2.05) is 32.9 Å². The number of carbonyl (C=O) groups is 2. The third kappa shape index (κ3) is 8.27. The summed E-state index contributed by atoms with van der Waals surface area (Å²) in [6.45, 7) is 14.7. The van der Waals surface area contributed by atoms with Gasteiger partial charge in [-0.3, -0.25) is 4.79 Å². The molecule has 0 N–H and O–H groups in total. The summed E-state index contributed by atoms with van der Waals surface area (Å²) in [4.78, 5) is 27.7. The van der Waals surface area contributed by atoms with Crippen molar-refractivity contribution in [3.63, 3.8) is 0 Å². The van der Waals surface area contributed by atoms with Crippen LogP contribution in [0.25, 0.3) is 10.4 Å². The molecule has 1 heterocycles. The van der Waals surface area contributed by atoms with Crippen molar-refractivity contribution in [1.29, 1.82) is 0 Å². The monoisotopic (exact) mass is 640 g/mol.